The minimum Gasteiger partial charge on any atom is -0.487 e. The second-order valence-corrected chi connectivity index (χ2v) is 8.03. The van der Waals surface area contributed by atoms with Crippen molar-refractivity contribution in [2.45, 2.75) is 31.3 Å². The summed E-state index contributed by atoms with van der Waals surface area (Å²) < 4.78 is 33.1. The Labute approximate surface area is 147 Å². The van der Waals surface area contributed by atoms with Gasteiger partial charge in [0.1, 0.15) is 11.9 Å². The van der Waals surface area contributed by atoms with Crippen molar-refractivity contribution in [3.05, 3.63) is 53.3 Å². The summed E-state index contributed by atoms with van der Waals surface area (Å²) >= 11 is 0. The van der Waals surface area contributed by atoms with Gasteiger partial charge in [-0.2, -0.15) is 9.57 Å². The number of aryl methyl sites for hydroxylation is 2. The van der Waals surface area contributed by atoms with Gasteiger partial charge in [-0.3, -0.25) is 4.98 Å². The Hall–Kier alpha value is -2.43. The van der Waals surface area contributed by atoms with Gasteiger partial charge in [0.05, 0.1) is 29.3 Å². The summed E-state index contributed by atoms with van der Waals surface area (Å²) in [6.45, 7) is 4.30. The maximum atomic E-state index is 12.9. The van der Waals surface area contributed by atoms with Gasteiger partial charge in [-0.15, -0.1) is 0 Å². The van der Waals surface area contributed by atoms with E-state index in [9.17, 15) is 8.42 Å². The number of benzene rings is 1. The van der Waals surface area contributed by atoms with Crippen LogP contribution in [-0.2, 0) is 10.0 Å². The molecule has 6 nitrogen and oxygen atoms in total. The lowest BCUT2D eigenvalue weighted by Gasteiger charge is -2.18. The first-order valence-corrected chi connectivity index (χ1v) is 9.44. The molecule has 1 aliphatic rings. The van der Waals surface area contributed by atoms with Crippen molar-refractivity contribution >= 4 is 10.0 Å². The summed E-state index contributed by atoms with van der Waals surface area (Å²) in [5.41, 5.74) is 1.86. The van der Waals surface area contributed by atoms with E-state index in [-0.39, 0.29) is 17.5 Å². The van der Waals surface area contributed by atoms with Gasteiger partial charge in [0.25, 0.3) is 0 Å². The highest BCUT2D eigenvalue weighted by molar-refractivity contribution is 7.89. The number of nitriles is 1. The number of hydrogen-bond acceptors (Lipinski definition) is 5. The Morgan fingerprint density at radius 3 is 2.76 bits per heavy atom. The van der Waals surface area contributed by atoms with Gasteiger partial charge in [-0.25, -0.2) is 8.42 Å². The van der Waals surface area contributed by atoms with Gasteiger partial charge in [0, 0.05) is 12.2 Å². The molecule has 1 aromatic carbocycles. The number of ether oxygens (including phenoxy) is 1. The number of sulfonamides is 1. The summed E-state index contributed by atoms with van der Waals surface area (Å²) in [6, 6.07) is 10.4. The van der Waals surface area contributed by atoms with E-state index in [0.717, 1.165) is 5.69 Å². The molecule has 25 heavy (non-hydrogen) atoms. The van der Waals surface area contributed by atoms with Crippen LogP contribution in [0.5, 0.6) is 5.75 Å². The number of pyridine rings is 1. The molecule has 3 rings (SSSR count). The molecule has 0 N–H and O–H groups in total. The minimum atomic E-state index is -3.65. The normalized spacial score (nSPS) is 18.0. The zero-order valence-corrected chi connectivity index (χ0v) is 15.0. The second kappa shape index (κ2) is 6.82. The van der Waals surface area contributed by atoms with E-state index in [1.807, 2.05) is 25.1 Å². The third kappa shape index (κ3) is 3.65. The van der Waals surface area contributed by atoms with Gasteiger partial charge in [-0.05, 0) is 50.1 Å². The first-order valence-electron chi connectivity index (χ1n) is 8.00. The molecule has 1 atom stereocenters. The van der Waals surface area contributed by atoms with Crippen molar-refractivity contribution in [2.24, 2.45) is 0 Å². The molecule has 0 unspecified atom stereocenters. The topological polar surface area (TPSA) is 83.3 Å². The predicted octanol–water partition coefficient (Wildman–Crippen LogP) is 2.41. The van der Waals surface area contributed by atoms with Gasteiger partial charge < -0.3 is 4.74 Å². The molecule has 1 fully saturated rings. The molecule has 0 saturated carbocycles. The largest absolute Gasteiger partial charge is 0.487 e. The molecule has 2 aromatic rings. The minimum absolute atomic E-state index is 0.184. The van der Waals surface area contributed by atoms with Crippen LogP contribution >= 0.6 is 0 Å². The van der Waals surface area contributed by atoms with Crippen LogP contribution in [0.25, 0.3) is 0 Å². The van der Waals surface area contributed by atoms with Crippen molar-refractivity contribution < 1.29 is 13.2 Å². The van der Waals surface area contributed by atoms with Crippen LogP contribution in [0, 0.1) is 25.2 Å². The molecule has 1 aromatic heterocycles. The molecule has 0 radical (unpaired) electrons. The average molecular weight is 357 g/mol. The van der Waals surface area contributed by atoms with E-state index in [1.165, 1.54) is 10.4 Å². The lowest BCUT2D eigenvalue weighted by atomic mass is 10.2. The Balaban J connectivity index is 1.77. The summed E-state index contributed by atoms with van der Waals surface area (Å²) in [5, 5.41) is 9.03. The molecule has 7 heteroatoms. The summed E-state index contributed by atoms with van der Waals surface area (Å²) in [7, 11) is -3.65. The standard InChI is InChI=1S/C18H19N3O3S/c1-13-3-5-15(10-19)9-18(13)25(22,23)21-8-7-17(12-21)24-16-6-4-14(2)20-11-16/h3-6,9,11,17H,7-8,12H2,1-2H3/t17-/m1/s1. The van der Waals surface area contributed by atoms with E-state index in [0.29, 0.717) is 29.8 Å². The fourth-order valence-corrected chi connectivity index (χ4v) is 4.55. The summed E-state index contributed by atoms with van der Waals surface area (Å²) in [5.74, 6) is 0.637. The number of hydrogen-bond donors (Lipinski definition) is 0. The second-order valence-electron chi connectivity index (χ2n) is 6.12. The molecule has 1 saturated heterocycles. The highest BCUT2D eigenvalue weighted by atomic mass is 32.2. The van der Waals surface area contributed by atoms with Gasteiger partial charge in [0.15, 0.2) is 0 Å². The fraction of sp³-hybridized carbons (Fsp3) is 0.333. The van der Waals surface area contributed by atoms with E-state index in [2.05, 4.69) is 4.98 Å². The smallest absolute Gasteiger partial charge is 0.243 e. The van der Waals surface area contributed by atoms with Crippen LogP contribution in [0.1, 0.15) is 23.2 Å². The average Bonchev–Trinajstić information content (AvgIpc) is 3.06. The van der Waals surface area contributed by atoms with Crippen molar-refractivity contribution in [1.29, 1.82) is 5.26 Å². The predicted molar refractivity (Wildman–Crippen MR) is 92.7 cm³/mol. The lowest BCUT2D eigenvalue weighted by Crippen LogP contribution is -2.31. The zero-order valence-electron chi connectivity index (χ0n) is 14.1. The number of rotatable bonds is 4. The van der Waals surface area contributed by atoms with Crippen LogP contribution in [0.15, 0.2) is 41.4 Å². The highest BCUT2D eigenvalue weighted by Crippen LogP contribution is 2.26. The monoisotopic (exact) mass is 357 g/mol. The lowest BCUT2D eigenvalue weighted by molar-refractivity contribution is 0.214. The number of aromatic nitrogens is 1. The van der Waals surface area contributed by atoms with Crippen LogP contribution in [0.2, 0.25) is 0 Å². The molecule has 0 spiro atoms. The quantitative estimate of drug-likeness (QED) is 0.839. The fourth-order valence-electron chi connectivity index (χ4n) is 2.82. The van der Waals surface area contributed by atoms with Crippen LogP contribution in [-0.4, -0.2) is 36.9 Å². The van der Waals surface area contributed by atoms with Crippen LogP contribution < -0.4 is 4.74 Å². The molecule has 1 aliphatic heterocycles. The van der Waals surface area contributed by atoms with E-state index >= 15 is 0 Å². The summed E-state index contributed by atoms with van der Waals surface area (Å²) in [4.78, 5) is 4.36. The zero-order chi connectivity index (χ0) is 18.0. The Morgan fingerprint density at radius 2 is 2.08 bits per heavy atom. The Bertz CT molecular complexity index is 918. The van der Waals surface area contributed by atoms with E-state index < -0.39 is 10.0 Å². The first kappa shape index (κ1) is 17.4. The SMILES string of the molecule is Cc1ccc(O[C@@H]2CCN(S(=O)(=O)c3cc(C#N)ccc3C)C2)cn1. The van der Waals surface area contributed by atoms with E-state index in [4.69, 9.17) is 10.00 Å². The molecule has 130 valence electrons. The third-order valence-corrected chi connectivity index (χ3v) is 6.24. The maximum absolute atomic E-state index is 12.9. The van der Waals surface area contributed by atoms with Crippen molar-refractivity contribution in [1.82, 2.24) is 9.29 Å². The molecule has 2 heterocycles. The van der Waals surface area contributed by atoms with Crippen LogP contribution in [0.4, 0.5) is 0 Å². The van der Waals surface area contributed by atoms with Crippen LogP contribution in [0.3, 0.4) is 0 Å². The van der Waals surface area contributed by atoms with E-state index in [1.54, 1.807) is 25.3 Å². The molecular weight excluding hydrogens is 338 g/mol. The first-order chi connectivity index (χ1) is 11.9. The molecule has 0 bridgehead atoms. The maximum Gasteiger partial charge on any atom is 0.243 e. The Kier molecular flexibility index (Phi) is 4.75. The highest BCUT2D eigenvalue weighted by Gasteiger charge is 2.34. The van der Waals surface area contributed by atoms with Gasteiger partial charge in [0.2, 0.25) is 10.0 Å². The molecule has 0 aliphatic carbocycles. The molecule has 0 amide bonds. The Morgan fingerprint density at radius 1 is 1.28 bits per heavy atom. The van der Waals surface area contributed by atoms with Crippen molar-refractivity contribution in [3.63, 3.8) is 0 Å². The summed E-state index contributed by atoms with van der Waals surface area (Å²) in [6.07, 6.45) is 2.05. The van der Waals surface area contributed by atoms with Gasteiger partial charge >= 0.3 is 0 Å². The molecular formula is C18H19N3O3S. The number of nitrogens with zero attached hydrogens (tertiary/aromatic N) is 3. The van der Waals surface area contributed by atoms with Gasteiger partial charge in [-0.1, -0.05) is 6.07 Å². The van der Waals surface area contributed by atoms with Crippen molar-refractivity contribution in [2.75, 3.05) is 13.1 Å². The van der Waals surface area contributed by atoms with Crippen molar-refractivity contribution in [3.8, 4) is 11.8 Å². The third-order valence-electron chi connectivity index (χ3n) is 4.23.